The summed E-state index contributed by atoms with van der Waals surface area (Å²) in [7, 11) is 0. The number of nitrogens with two attached hydrogens (primary N) is 1. The highest BCUT2D eigenvalue weighted by Gasteiger charge is 2.31. The lowest BCUT2D eigenvalue weighted by Crippen LogP contribution is -2.56. The van der Waals surface area contributed by atoms with Crippen LogP contribution in [0.1, 0.15) is 23.7 Å². The SMILES string of the molecule is CCC1C(=O)NCCN1C(=O)c1ccc(N)cc1.Cl. The van der Waals surface area contributed by atoms with Crippen LogP contribution in [0.3, 0.4) is 0 Å². The highest BCUT2D eigenvalue weighted by atomic mass is 35.5. The van der Waals surface area contributed by atoms with E-state index < -0.39 is 0 Å². The highest BCUT2D eigenvalue weighted by Crippen LogP contribution is 2.14. The monoisotopic (exact) mass is 283 g/mol. The molecule has 19 heavy (non-hydrogen) atoms. The van der Waals surface area contributed by atoms with Crippen molar-refractivity contribution in [3.05, 3.63) is 29.8 Å². The average molecular weight is 284 g/mol. The Morgan fingerprint density at radius 1 is 1.42 bits per heavy atom. The number of carbonyl (C=O) groups is 2. The molecule has 2 rings (SSSR count). The lowest BCUT2D eigenvalue weighted by atomic mass is 10.1. The molecule has 0 aliphatic carbocycles. The van der Waals surface area contributed by atoms with E-state index in [-0.39, 0.29) is 30.3 Å². The van der Waals surface area contributed by atoms with Gasteiger partial charge in [-0.2, -0.15) is 0 Å². The average Bonchev–Trinajstić information content (AvgIpc) is 2.38. The van der Waals surface area contributed by atoms with Crippen LogP contribution in [0.5, 0.6) is 0 Å². The predicted molar refractivity (Wildman–Crippen MR) is 76.2 cm³/mol. The molecule has 1 aromatic carbocycles. The molecular formula is C13H18ClN3O2. The molecule has 3 N–H and O–H groups in total. The van der Waals surface area contributed by atoms with Crippen molar-refractivity contribution in [2.75, 3.05) is 18.8 Å². The Balaban J connectivity index is 0.00000180. The van der Waals surface area contributed by atoms with Crippen molar-refractivity contribution in [1.82, 2.24) is 10.2 Å². The van der Waals surface area contributed by atoms with Crippen LogP contribution in [0.2, 0.25) is 0 Å². The molecule has 1 heterocycles. The number of amides is 2. The Bertz CT molecular complexity index is 461. The van der Waals surface area contributed by atoms with E-state index >= 15 is 0 Å². The lowest BCUT2D eigenvalue weighted by Gasteiger charge is -2.34. The van der Waals surface area contributed by atoms with Crippen molar-refractivity contribution in [1.29, 1.82) is 0 Å². The molecule has 0 spiro atoms. The summed E-state index contributed by atoms with van der Waals surface area (Å²) in [6, 6.07) is 6.40. The van der Waals surface area contributed by atoms with Crippen LogP contribution in [0, 0.1) is 0 Å². The number of hydrogen-bond donors (Lipinski definition) is 2. The van der Waals surface area contributed by atoms with E-state index in [2.05, 4.69) is 5.32 Å². The summed E-state index contributed by atoms with van der Waals surface area (Å²) < 4.78 is 0. The van der Waals surface area contributed by atoms with Gasteiger partial charge in [0.1, 0.15) is 6.04 Å². The molecule has 1 unspecified atom stereocenters. The Labute approximate surface area is 118 Å². The molecule has 0 saturated carbocycles. The largest absolute Gasteiger partial charge is 0.399 e. The summed E-state index contributed by atoms with van der Waals surface area (Å²) in [6.07, 6.45) is 0.618. The highest BCUT2D eigenvalue weighted by molar-refractivity contribution is 5.98. The molecule has 104 valence electrons. The third-order valence-corrected chi connectivity index (χ3v) is 3.14. The fraction of sp³-hybridized carbons (Fsp3) is 0.385. The Hall–Kier alpha value is -1.75. The van der Waals surface area contributed by atoms with Gasteiger partial charge in [0.25, 0.3) is 5.91 Å². The molecule has 1 fully saturated rings. The standard InChI is InChI=1S/C13H17N3O2.ClH/c1-2-11-12(17)15-7-8-16(11)13(18)9-3-5-10(14)6-4-9;/h3-6,11H,2,7-8,14H2,1H3,(H,15,17);1H. The molecule has 1 aliphatic heterocycles. The van der Waals surface area contributed by atoms with E-state index in [1.807, 2.05) is 6.92 Å². The molecule has 2 amide bonds. The van der Waals surface area contributed by atoms with Gasteiger partial charge in [-0.25, -0.2) is 0 Å². The number of nitrogen functional groups attached to an aromatic ring is 1. The lowest BCUT2D eigenvalue weighted by molar-refractivity contribution is -0.127. The minimum atomic E-state index is -0.371. The molecule has 6 heteroatoms. The van der Waals surface area contributed by atoms with Gasteiger partial charge in [0.15, 0.2) is 0 Å². The number of nitrogens with one attached hydrogen (secondary N) is 1. The van der Waals surface area contributed by atoms with Crippen molar-refractivity contribution < 1.29 is 9.59 Å². The zero-order chi connectivity index (χ0) is 13.1. The van der Waals surface area contributed by atoms with Gasteiger partial charge in [-0.3, -0.25) is 9.59 Å². The summed E-state index contributed by atoms with van der Waals surface area (Å²) >= 11 is 0. The maximum absolute atomic E-state index is 12.3. The molecule has 0 aromatic heterocycles. The second kappa shape index (κ2) is 6.43. The van der Waals surface area contributed by atoms with Gasteiger partial charge in [-0.15, -0.1) is 12.4 Å². The van der Waals surface area contributed by atoms with Crippen molar-refractivity contribution in [2.24, 2.45) is 0 Å². The smallest absolute Gasteiger partial charge is 0.254 e. The van der Waals surface area contributed by atoms with Crippen LogP contribution >= 0.6 is 12.4 Å². The van der Waals surface area contributed by atoms with Crippen LogP contribution in [0.15, 0.2) is 24.3 Å². The summed E-state index contributed by atoms with van der Waals surface area (Å²) in [4.78, 5) is 25.7. The number of halogens is 1. The Morgan fingerprint density at radius 2 is 2.05 bits per heavy atom. The van der Waals surface area contributed by atoms with Crippen LogP contribution in [-0.4, -0.2) is 35.8 Å². The van der Waals surface area contributed by atoms with Gasteiger partial charge >= 0.3 is 0 Å². The van der Waals surface area contributed by atoms with Crippen molar-refractivity contribution in [3.8, 4) is 0 Å². The van der Waals surface area contributed by atoms with Gasteiger partial charge in [0, 0.05) is 24.3 Å². The molecule has 1 aliphatic rings. The van der Waals surface area contributed by atoms with Gasteiger partial charge in [0.05, 0.1) is 0 Å². The van der Waals surface area contributed by atoms with E-state index in [0.717, 1.165) is 0 Å². The van der Waals surface area contributed by atoms with E-state index in [0.29, 0.717) is 30.8 Å². The molecule has 1 saturated heterocycles. The topological polar surface area (TPSA) is 75.4 Å². The first kappa shape index (κ1) is 15.3. The first-order valence-electron chi connectivity index (χ1n) is 6.07. The Morgan fingerprint density at radius 3 is 2.63 bits per heavy atom. The third kappa shape index (κ3) is 3.17. The van der Waals surface area contributed by atoms with Crippen LogP contribution in [0.4, 0.5) is 5.69 Å². The first-order valence-corrected chi connectivity index (χ1v) is 6.07. The molecule has 1 atom stereocenters. The minimum Gasteiger partial charge on any atom is -0.399 e. The molecule has 1 aromatic rings. The van der Waals surface area contributed by atoms with Crippen molar-refractivity contribution >= 4 is 29.9 Å². The molecule has 5 nitrogen and oxygen atoms in total. The van der Waals surface area contributed by atoms with Gasteiger partial charge in [0.2, 0.25) is 5.91 Å². The van der Waals surface area contributed by atoms with E-state index in [4.69, 9.17) is 5.73 Å². The fourth-order valence-electron chi connectivity index (χ4n) is 2.16. The van der Waals surface area contributed by atoms with Crippen LogP contribution in [-0.2, 0) is 4.79 Å². The number of nitrogens with zero attached hydrogens (tertiary/aromatic N) is 1. The fourth-order valence-corrected chi connectivity index (χ4v) is 2.16. The summed E-state index contributed by atoms with van der Waals surface area (Å²) in [5.74, 6) is -0.191. The number of carbonyl (C=O) groups excluding carboxylic acids is 2. The van der Waals surface area contributed by atoms with E-state index in [9.17, 15) is 9.59 Å². The molecular weight excluding hydrogens is 266 g/mol. The second-order valence-electron chi connectivity index (χ2n) is 4.34. The van der Waals surface area contributed by atoms with E-state index in [1.54, 1.807) is 29.2 Å². The zero-order valence-corrected chi connectivity index (χ0v) is 11.6. The zero-order valence-electron chi connectivity index (χ0n) is 10.8. The summed E-state index contributed by atoms with van der Waals surface area (Å²) in [6.45, 7) is 2.96. The van der Waals surface area contributed by atoms with E-state index in [1.165, 1.54) is 0 Å². The minimum absolute atomic E-state index is 0. The van der Waals surface area contributed by atoms with Gasteiger partial charge in [-0.05, 0) is 30.7 Å². The van der Waals surface area contributed by atoms with Gasteiger partial charge in [-0.1, -0.05) is 6.92 Å². The summed E-state index contributed by atoms with van der Waals surface area (Å²) in [5, 5.41) is 2.78. The van der Waals surface area contributed by atoms with Crippen molar-refractivity contribution in [3.63, 3.8) is 0 Å². The normalized spacial score (nSPS) is 18.5. The molecule has 0 bridgehead atoms. The first-order chi connectivity index (χ1) is 8.63. The third-order valence-electron chi connectivity index (χ3n) is 3.14. The predicted octanol–water partition coefficient (Wildman–Crippen LogP) is 1.04. The maximum Gasteiger partial charge on any atom is 0.254 e. The quantitative estimate of drug-likeness (QED) is 0.797. The van der Waals surface area contributed by atoms with Crippen molar-refractivity contribution in [2.45, 2.75) is 19.4 Å². The van der Waals surface area contributed by atoms with Crippen LogP contribution in [0.25, 0.3) is 0 Å². The number of rotatable bonds is 2. The number of hydrogen-bond acceptors (Lipinski definition) is 3. The maximum atomic E-state index is 12.3. The number of piperazine rings is 1. The molecule has 0 radical (unpaired) electrons. The second-order valence-corrected chi connectivity index (χ2v) is 4.34. The van der Waals surface area contributed by atoms with Crippen LogP contribution < -0.4 is 11.1 Å². The summed E-state index contributed by atoms with van der Waals surface area (Å²) in [5.41, 5.74) is 6.78. The number of anilines is 1. The number of benzene rings is 1. The Kier molecular flexibility index (Phi) is 5.18. The van der Waals surface area contributed by atoms with Gasteiger partial charge < -0.3 is 16.0 Å².